The summed E-state index contributed by atoms with van der Waals surface area (Å²) in [4.78, 5) is 13.9. The number of carbonyl (C=O) groups is 1. The van der Waals surface area contributed by atoms with Gasteiger partial charge in [0.05, 0.1) is 12.0 Å². The van der Waals surface area contributed by atoms with Gasteiger partial charge in [-0.15, -0.1) is 6.42 Å². The zero-order chi connectivity index (χ0) is 12.5. The van der Waals surface area contributed by atoms with Gasteiger partial charge in [0.1, 0.15) is 0 Å². The highest BCUT2D eigenvalue weighted by atomic mass is 16.2. The Hall–Kier alpha value is -1.95. The van der Waals surface area contributed by atoms with Gasteiger partial charge in [-0.2, -0.15) is 0 Å². The first-order valence-electron chi connectivity index (χ1n) is 5.65. The van der Waals surface area contributed by atoms with Crippen molar-refractivity contribution in [3.63, 3.8) is 0 Å². The molecule has 0 saturated heterocycles. The zero-order valence-corrected chi connectivity index (χ0v) is 9.94. The summed E-state index contributed by atoms with van der Waals surface area (Å²) in [6.45, 7) is 0.357. The molecule has 17 heavy (non-hydrogen) atoms. The number of nitrogen functional groups attached to an aromatic ring is 1. The molecule has 0 heterocycles. The normalized spacial score (nSPS) is 16.0. The van der Waals surface area contributed by atoms with E-state index in [0.717, 1.165) is 18.4 Å². The van der Waals surface area contributed by atoms with E-state index < -0.39 is 0 Å². The van der Waals surface area contributed by atoms with Gasteiger partial charge in [-0.25, -0.2) is 0 Å². The summed E-state index contributed by atoms with van der Waals surface area (Å²) in [6.07, 6.45) is 7.02. The van der Waals surface area contributed by atoms with Gasteiger partial charge in [0, 0.05) is 12.7 Å². The zero-order valence-electron chi connectivity index (χ0n) is 9.94. The van der Waals surface area contributed by atoms with Gasteiger partial charge in [0.15, 0.2) is 0 Å². The monoisotopic (exact) mass is 228 g/mol. The Bertz CT molecular complexity index is 466. The van der Waals surface area contributed by atoms with E-state index in [9.17, 15) is 4.79 Å². The lowest BCUT2D eigenvalue weighted by Crippen LogP contribution is -2.36. The van der Waals surface area contributed by atoms with Crippen molar-refractivity contribution >= 4 is 11.6 Å². The molecule has 1 aromatic rings. The number of anilines is 1. The molecule has 1 saturated carbocycles. The smallest absolute Gasteiger partial charge is 0.233 e. The Morgan fingerprint density at radius 2 is 2.06 bits per heavy atom. The third kappa shape index (κ3) is 1.99. The second-order valence-corrected chi connectivity index (χ2v) is 4.57. The fourth-order valence-corrected chi connectivity index (χ4v) is 2.13. The Morgan fingerprint density at radius 1 is 1.47 bits per heavy atom. The number of terminal acetylenes is 1. The molecule has 2 N–H and O–H groups in total. The van der Waals surface area contributed by atoms with Crippen LogP contribution in [0.1, 0.15) is 18.4 Å². The molecule has 0 bridgehead atoms. The van der Waals surface area contributed by atoms with Crippen molar-refractivity contribution in [2.75, 3.05) is 19.3 Å². The van der Waals surface area contributed by atoms with Gasteiger partial charge in [-0.1, -0.05) is 18.1 Å². The molecule has 0 spiro atoms. The van der Waals surface area contributed by atoms with Crippen LogP contribution in [0.15, 0.2) is 24.3 Å². The van der Waals surface area contributed by atoms with E-state index in [0.29, 0.717) is 12.2 Å². The number of hydrogen-bond donors (Lipinski definition) is 1. The predicted molar refractivity (Wildman–Crippen MR) is 68.2 cm³/mol. The fraction of sp³-hybridized carbons (Fsp3) is 0.357. The van der Waals surface area contributed by atoms with Crippen molar-refractivity contribution < 1.29 is 4.79 Å². The number of hydrogen-bond acceptors (Lipinski definition) is 2. The molecule has 0 aromatic heterocycles. The Kier molecular flexibility index (Phi) is 2.81. The summed E-state index contributed by atoms with van der Waals surface area (Å²) >= 11 is 0. The minimum atomic E-state index is -0.348. The van der Waals surface area contributed by atoms with Crippen LogP contribution >= 0.6 is 0 Å². The maximum Gasteiger partial charge on any atom is 0.233 e. The van der Waals surface area contributed by atoms with E-state index >= 15 is 0 Å². The summed E-state index contributed by atoms with van der Waals surface area (Å²) in [7, 11) is 1.75. The highest BCUT2D eigenvalue weighted by Gasteiger charge is 2.52. The van der Waals surface area contributed by atoms with Crippen molar-refractivity contribution in [1.29, 1.82) is 0 Å². The number of nitrogens with zero attached hydrogens (tertiary/aromatic N) is 1. The van der Waals surface area contributed by atoms with Crippen LogP contribution in [-0.4, -0.2) is 24.4 Å². The van der Waals surface area contributed by atoms with E-state index in [4.69, 9.17) is 12.2 Å². The minimum Gasteiger partial charge on any atom is -0.399 e. The van der Waals surface area contributed by atoms with Crippen molar-refractivity contribution in [3.8, 4) is 12.3 Å². The molecule has 1 aliphatic rings. The quantitative estimate of drug-likeness (QED) is 0.627. The number of likely N-dealkylation sites (N-methyl/N-ethyl adjacent to an activating group) is 1. The topological polar surface area (TPSA) is 46.3 Å². The lowest BCUT2D eigenvalue weighted by Gasteiger charge is -2.22. The molecule has 1 amide bonds. The summed E-state index contributed by atoms with van der Waals surface area (Å²) in [5.41, 5.74) is 7.06. The summed E-state index contributed by atoms with van der Waals surface area (Å²) in [6, 6.07) is 7.54. The maximum atomic E-state index is 12.3. The molecular formula is C14H16N2O. The molecule has 0 radical (unpaired) electrons. The average Bonchev–Trinajstić information content (AvgIpc) is 3.10. The van der Waals surface area contributed by atoms with Crippen molar-refractivity contribution in [3.05, 3.63) is 29.8 Å². The van der Waals surface area contributed by atoms with Crippen LogP contribution in [0.5, 0.6) is 0 Å². The molecule has 1 fully saturated rings. The molecule has 2 rings (SSSR count). The highest BCUT2D eigenvalue weighted by Crippen LogP contribution is 2.49. The van der Waals surface area contributed by atoms with Gasteiger partial charge >= 0.3 is 0 Å². The van der Waals surface area contributed by atoms with E-state index in [-0.39, 0.29) is 11.3 Å². The molecule has 3 heteroatoms. The number of benzene rings is 1. The largest absolute Gasteiger partial charge is 0.399 e. The van der Waals surface area contributed by atoms with Gasteiger partial charge in [0.2, 0.25) is 5.91 Å². The summed E-state index contributed by atoms with van der Waals surface area (Å²) in [5, 5.41) is 0. The van der Waals surface area contributed by atoms with Crippen molar-refractivity contribution in [1.82, 2.24) is 4.90 Å². The van der Waals surface area contributed by atoms with E-state index in [1.54, 1.807) is 11.9 Å². The molecule has 0 aliphatic heterocycles. The third-order valence-electron chi connectivity index (χ3n) is 3.30. The lowest BCUT2D eigenvalue weighted by molar-refractivity contribution is -0.132. The summed E-state index contributed by atoms with van der Waals surface area (Å²) < 4.78 is 0. The van der Waals surface area contributed by atoms with Crippen LogP contribution in [0, 0.1) is 12.3 Å². The second kappa shape index (κ2) is 4.14. The first-order valence-corrected chi connectivity index (χ1v) is 5.65. The SMILES string of the molecule is C#CCN(C)C(=O)C1(c2ccc(N)cc2)CC1. The van der Waals surface area contributed by atoms with Crippen LogP contribution in [-0.2, 0) is 10.2 Å². The van der Waals surface area contributed by atoms with E-state index in [1.807, 2.05) is 24.3 Å². The van der Waals surface area contributed by atoms with Crippen LogP contribution < -0.4 is 5.73 Å². The standard InChI is InChI=1S/C14H16N2O/c1-3-10-16(2)13(17)14(8-9-14)11-4-6-12(15)7-5-11/h1,4-7H,8-10,15H2,2H3. The number of carbonyl (C=O) groups excluding carboxylic acids is 1. The van der Waals surface area contributed by atoms with Gasteiger partial charge in [0.25, 0.3) is 0 Å². The fourth-order valence-electron chi connectivity index (χ4n) is 2.13. The molecule has 1 aromatic carbocycles. The first-order chi connectivity index (χ1) is 8.10. The lowest BCUT2D eigenvalue weighted by atomic mass is 9.94. The Labute approximate surface area is 102 Å². The Morgan fingerprint density at radius 3 is 2.53 bits per heavy atom. The number of nitrogens with two attached hydrogens (primary N) is 1. The molecule has 0 atom stereocenters. The second-order valence-electron chi connectivity index (χ2n) is 4.57. The molecule has 1 aliphatic carbocycles. The van der Waals surface area contributed by atoms with Crippen LogP contribution in [0.25, 0.3) is 0 Å². The summed E-state index contributed by atoms with van der Waals surface area (Å²) in [5.74, 6) is 2.61. The van der Waals surface area contributed by atoms with Gasteiger partial charge in [-0.3, -0.25) is 4.79 Å². The first kappa shape index (κ1) is 11.5. The van der Waals surface area contributed by atoms with Crippen molar-refractivity contribution in [2.45, 2.75) is 18.3 Å². The highest BCUT2D eigenvalue weighted by molar-refractivity contribution is 5.91. The van der Waals surface area contributed by atoms with Crippen LogP contribution in [0.2, 0.25) is 0 Å². The average molecular weight is 228 g/mol. The van der Waals surface area contributed by atoms with Crippen LogP contribution in [0.3, 0.4) is 0 Å². The number of rotatable bonds is 3. The van der Waals surface area contributed by atoms with Gasteiger partial charge in [-0.05, 0) is 30.5 Å². The van der Waals surface area contributed by atoms with E-state index in [2.05, 4.69) is 5.92 Å². The Balaban J connectivity index is 2.23. The molecule has 0 unspecified atom stereocenters. The molecular weight excluding hydrogens is 212 g/mol. The van der Waals surface area contributed by atoms with E-state index in [1.165, 1.54) is 0 Å². The minimum absolute atomic E-state index is 0.111. The third-order valence-corrected chi connectivity index (χ3v) is 3.30. The predicted octanol–water partition coefficient (Wildman–Crippen LogP) is 1.39. The van der Waals surface area contributed by atoms with Crippen molar-refractivity contribution in [2.24, 2.45) is 0 Å². The number of amides is 1. The molecule has 88 valence electrons. The van der Waals surface area contributed by atoms with Crippen LogP contribution in [0.4, 0.5) is 5.69 Å². The maximum absolute atomic E-state index is 12.3. The molecule has 3 nitrogen and oxygen atoms in total. The van der Waals surface area contributed by atoms with Gasteiger partial charge < -0.3 is 10.6 Å².